The number of nitrogens with one attached hydrogen (secondary N) is 3. The molecule has 2 aromatic carbocycles. The highest BCUT2D eigenvalue weighted by atomic mass is 35.5. The summed E-state index contributed by atoms with van der Waals surface area (Å²) >= 11 is 5.80. The molecule has 156 valence electrons. The third-order valence-electron chi connectivity index (χ3n) is 3.80. The molecule has 2 aromatic rings. The maximum absolute atomic E-state index is 12.0. The summed E-state index contributed by atoms with van der Waals surface area (Å²) in [6.45, 7) is 2.36. The van der Waals surface area contributed by atoms with Crippen LogP contribution in [0.4, 0.5) is 10.5 Å². The minimum absolute atomic E-state index is 0.176. The quantitative estimate of drug-likeness (QED) is 0.577. The van der Waals surface area contributed by atoms with Gasteiger partial charge < -0.3 is 30.2 Å². The number of rotatable bonds is 9. The van der Waals surface area contributed by atoms with Crippen LogP contribution in [0.3, 0.4) is 0 Å². The van der Waals surface area contributed by atoms with Crippen molar-refractivity contribution >= 4 is 29.2 Å². The van der Waals surface area contributed by atoms with Crippen LogP contribution >= 0.6 is 11.6 Å². The number of ether oxygens (including phenoxy) is 3. The van der Waals surface area contributed by atoms with E-state index in [1.165, 1.54) is 14.2 Å². The van der Waals surface area contributed by atoms with E-state index in [0.717, 1.165) is 5.56 Å². The van der Waals surface area contributed by atoms with Crippen LogP contribution in [0.15, 0.2) is 36.4 Å². The molecule has 0 aromatic heterocycles. The molecule has 0 aliphatic heterocycles. The normalized spacial score (nSPS) is 10.1. The Labute approximate surface area is 174 Å². The SMILES string of the molecule is CCOc1c(OC)cc(CNC(=O)NCC(=O)Nc2ccc(Cl)cc2)cc1OC. The minimum atomic E-state index is -0.483. The highest BCUT2D eigenvalue weighted by Gasteiger charge is 2.14. The van der Waals surface area contributed by atoms with Crippen molar-refractivity contribution in [2.45, 2.75) is 13.5 Å². The molecule has 29 heavy (non-hydrogen) atoms. The van der Waals surface area contributed by atoms with E-state index in [2.05, 4.69) is 16.0 Å². The van der Waals surface area contributed by atoms with Crippen LogP contribution in [-0.4, -0.2) is 39.3 Å². The molecule has 8 nitrogen and oxygen atoms in total. The molecule has 0 radical (unpaired) electrons. The number of hydrogen-bond donors (Lipinski definition) is 3. The highest BCUT2D eigenvalue weighted by molar-refractivity contribution is 6.30. The molecule has 0 saturated carbocycles. The number of anilines is 1. The summed E-state index contributed by atoms with van der Waals surface area (Å²) in [5, 5.41) is 8.41. The zero-order valence-corrected chi connectivity index (χ0v) is 17.3. The molecule has 0 atom stereocenters. The summed E-state index contributed by atoms with van der Waals surface area (Å²) in [6, 6.07) is 9.69. The molecule has 0 spiro atoms. The number of carbonyl (C=O) groups is 2. The Kier molecular flexibility index (Phi) is 8.42. The van der Waals surface area contributed by atoms with Gasteiger partial charge in [-0.05, 0) is 48.9 Å². The third kappa shape index (κ3) is 6.76. The van der Waals surface area contributed by atoms with Gasteiger partial charge in [-0.25, -0.2) is 4.79 Å². The average Bonchev–Trinajstić information content (AvgIpc) is 2.73. The highest BCUT2D eigenvalue weighted by Crippen LogP contribution is 2.38. The first-order chi connectivity index (χ1) is 14.0. The van der Waals surface area contributed by atoms with E-state index in [9.17, 15) is 9.59 Å². The van der Waals surface area contributed by atoms with Gasteiger partial charge >= 0.3 is 6.03 Å². The van der Waals surface area contributed by atoms with E-state index >= 15 is 0 Å². The van der Waals surface area contributed by atoms with Crippen LogP contribution in [0, 0.1) is 0 Å². The second-order valence-corrected chi connectivity index (χ2v) is 6.29. The Morgan fingerprint density at radius 2 is 1.62 bits per heavy atom. The molecule has 0 fully saturated rings. The van der Waals surface area contributed by atoms with Gasteiger partial charge in [0, 0.05) is 17.3 Å². The Balaban J connectivity index is 1.86. The molecule has 9 heteroatoms. The summed E-state index contributed by atoms with van der Waals surface area (Å²) in [5.74, 6) is 1.16. The third-order valence-corrected chi connectivity index (χ3v) is 4.05. The number of methoxy groups -OCH3 is 2. The second-order valence-electron chi connectivity index (χ2n) is 5.85. The van der Waals surface area contributed by atoms with E-state index < -0.39 is 6.03 Å². The summed E-state index contributed by atoms with van der Waals surface area (Å²) in [5.41, 5.74) is 1.35. The first-order valence-electron chi connectivity index (χ1n) is 8.91. The van der Waals surface area contributed by atoms with Gasteiger partial charge in [-0.15, -0.1) is 0 Å². The zero-order valence-electron chi connectivity index (χ0n) is 16.5. The van der Waals surface area contributed by atoms with Gasteiger partial charge in [-0.2, -0.15) is 0 Å². The summed E-state index contributed by atoms with van der Waals surface area (Å²) < 4.78 is 16.2. The van der Waals surface area contributed by atoms with Crippen LogP contribution in [0.2, 0.25) is 5.02 Å². The number of halogens is 1. The van der Waals surface area contributed by atoms with Crippen LogP contribution in [-0.2, 0) is 11.3 Å². The van der Waals surface area contributed by atoms with Crippen LogP contribution in [0.1, 0.15) is 12.5 Å². The number of urea groups is 1. The van der Waals surface area contributed by atoms with Gasteiger partial charge in [0.1, 0.15) is 0 Å². The molecule has 2 rings (SSSR count). The van der Waals surface area contributed by atoms with E-state index in [4.69, 9.17) is 25.8 Å². The van der Waals surface area contributed by atoms with Crippen molar-refractivity contribution in [3.8, 4) is 17.2 Å². The largest absolute Gasteiger partial charge is 0.493 e. The van der Waals surface area contributed by atoms with E-state index in [1.54, 1.807) is 36.4 Å². The fourth-order valence-electron chi connectivity index (χ4n) is 2.47. The van der Waals surface area contributed by atoms with Crippen LogP contribution < -0.4 is 30.2 Å². The number of hydrogen-bond acceptors (Lipinski definition) is 5. The van der Waals surface area contributed by atoms with Gasteiger partial charge in [-0.3, -0.25) is 4.79 Å². The number of benzene rings is 2. The molecule has 3 N–H and O–H groups in total. The summed E-state index contributed by atoms with van der Waals surface area (Å²) in [7, 11) is 3.06. The lowest BCUT2D eigenvalue weighted by molar-refractivity contribution is -0.115. The average molecular weight is 422 g/mol. The smallest absolute Gasteiger partial charge is 0.315 e. The maximum atomic E-state index is 12.0. The topological polar surface area (TPSA) is 97.9 Å². The monoisotopic (exact) mass is 421 g/mol. The van der Waals surface area contributed by atoms with Crippen molar-refractivity contribution < 1.29 is 23.8 Å². The lowest BCUT2D eigenvalue weighted by Gasteiger charge is -2.15. The van der Waals surface area contributed by atoms with Gasteiger partial charge in [0.25, 0.3) is 0 Å². The van der Waals surface area contributed by atoms with Crippen molar-refractivity contribution in [3.63, 3.8) is 0 Å². The van der Waals surface area contributed by atoms with E-state index in [0.29, 0.717) is 34.6 Å². The predicted molar refractivity (Wildman–Crippen MR) is 111 cm³/mol. The molecule has 0 bridgehead atoms. The standard InChI is InChI=1S/C20H24ClN3O5/c1-4-29-19-16(27-2)9-13(10-17(19)28-3)11-22-20(26)23-12-18(25)24-15-7-5-14(21)6-8-15/h5-10H,4,11-12H2,1-3H3,(H,24,25)(H2,22,23,26). The molecule has 0 aliphatic carbocycles. The summed E-state index contributed by atoms with van der Waals surface area (Å²) in [6.07, 6.45) is 0. The van der Waals surface area contributed by atoms with Crippen LogP contribution in [0.5, 0.6) is 17.2 Å². The Morgan fingerprint density at radius 1 is 1.00 bits per heavy atom. The van der Waals surface area contributed by atoms with Crippen molar-refractivity contribution in [2.24, 2.45) is 0 Å². The van der Waals surface area contributed by atoms with Gasteiger partial charge in [0.15, 0.2) is 11.5 Å². The Hall–Kier alpha value is -3.13. The lowest BCUT2D eigenvalue weighted by Crippen LogP contribution is -2.39. The van der Waals surface area contributed by atoms with Crippen molar-refractivity contribution in [2.75, 3.05) is 32.7 Å². The van der Waals surface area contributed by atoms with Crippen molar-refractivity contribution in [1.29, 1.82) is 0 Å². The van der Waals surface area contributed by atoms with Gasteiger partial charge in [-0.1, -0.05) is 11.6 Å². The first-order valence-corrected chi connectivity index (χ1v) is 9.29. The van der Waals surface area contributed by atoms with Crippen molar-refractivity contribution in [1.82, 2.24) is 10.6 Å². The van der Waals surface area contributed by atoms with E-state index in [-0.39, 0.29) is 19.0 Å². The molecular weight excluding hydrogens is 398 g/mol. The van der Waals surface area contributed by atoms with Gasteiger partial charge in [0.05, 0.1) is 27.4 Å². The number of amides is 3. The molecule has 3 amide bonds. The maximum Gasteiger partial charge on any atom is 0.315 e. The zero-order chi connectivity index (χ0) is 21.2. The Bertz CT molecular complexity index is 818. The lowest BCUT2D eigenvalue weighted by atomic mass is 10.2. The molecule has 0 aliphatic rings. The van der Waals surface area contributed by atoms with E-state index in [1.807, 2.05) is 6.92 Å². The molecule has 0 unspecified atom stereocenters. The summed E-state index contributed by atoms with van der Waals surface area (Å²) in [4.78, 5) is 23.9. The van der Waals surface area contributed by atoms with Crippen LogP contribution in [0.25, 0.3) is 0 Å². The fraction of sp³-hybridized carbons (Fsp3) is 0.300. The molecule has 0 heterocycles. The number of carbonyl (C=O) groups excluding carboxylic acids is 2. The second kappa shape index (κ2) is 11.0. The Morgan fingerprint density at radius 3 is 2.17 bits per heavy atom. The fourth-order valence-corrected chi connectivity index (χ4v) is 2.59. The predicted octanol–water partition coefficient (Wildman–Crippen LogP) is 3.19. The molecular formula is C20H24ClN3O5. The van der Waals surface area contributed by atoms with Gasteiger partial charge in [0.2, 0.25) is 11.7 Å². The van der Waals surface area contributed by atoms with Crippen molar-refractivity contribution in [3.05, 3.63) is 47.0 Å². The first kappa shape index (κ1) is 22.2. The molecule has 0 saturated heterocycles. The minimum Gasteiger partial charge on any atom is -0.493 e.